The second-order valence-corrected chi connectivity index (χ2v) is 8.82. The lowest BCUT2D eigenvalue weighted by atomic mass is 10.0. The van der Waals surface area contributed by atoms with Gasteiger partial charge in [0.2, 0.25) is 0 Å². The number of fused-ring (bicyclic) bond motifs is 1. The van der Waals surface area contributed by atoms with E-state index in [4.69, 9.17) is 11.6 Å². The highest BCUT2D eigenvalue weighted by molar-refractivity contribution is 9.10. The molecular formula is C23H18BrClF3N3O2. The molecule has 33 heavy (non-hydrogen) atoms. The summed E-state index contributed by atoms with van der Waals surface area (Å²) in [5.41, 5.74) is 1.53. The van der Waals surface area contributed by atoms with E-state index in [0.29, 0.717) is 22.0 Å². The molecule has 1 fully saturated rings. The van der Waals surface area contributed by atoms with Gasteiger partial charge in [-0.25, -0.2) is 0 Å². The van der Waals surface area contributed by atoms with E-state index in [1.807, 2.05) is 29.2 Å². The van der Waals surface area contributed by atoms with E-state index in [-0.39, 0.29) is 32.1 Å². The fourth-order valence-electron chi connectivity index (χ4n) is 3.87. The van der Waals surface area contributed by atoms with Crippen LogP contribution in [0.2, 0.25) is 5.02 Å². The topological polar surface area (TPSA) is 52.7 Å². The molecule has 0 aromatic heterocycles. The molecule has 5 nitrogen and oxygen atoms in total. The van der Waals surface area contributed by atoms with Gasteiger partial charge in [-0.3, -0.25) is 9.59 Å². The Hall–Kier alpha value is -2.78. The molecule has 172 valence electrons. The smallest absolute Gasteiger partial charge is 0.366 e. The van der Waals surface area contributed by atoms with Crippen LogP contribution in [0.25, 0.3) is 10.8 Å². The number of alkyl halides is 3. The summed E-state index contributed by atoms with van der Waals surface area (Å²) >= 11 is 9.66. The average molecular weight is 541 g/mol. The first kappa shape index (κ1) is 23.4. The van der Waals surface area contributed by atoms with Gasteiger partial charge in [0.15, 0.2) is 0 Å². The van der Waals surface area contributed by atoms with Crippen molar-refractivity contribution in [3.8, 4) is 0 Å². The van der Waals surface area contributed by atoms with Gasteiger partial charge in [0.25, 0.3) is 5.91 Å². The van der Waals surface area contributed by atoms with Crippen LogP contribution in [0.4, 0.5) is 24.5 Å². The minimum absolute atomic E-state index is 0.0777. The third-order valence-corrected chi connectivity index (χ3v) is 6.40. The average Bonchev–Trinajstić information content (AvgIpc) is 2.78. The van der Waals surface area contributed by atoms with Crippen molar-refractivity contribution < 1.29 is 22.8 Å². The lowest BCUT2D eigenvalue weighted by Gasteiger charge is -2.37. The zero-order valence-corrected chi connectivity index (χ0v) is 19.5. The molecule has 3 aromatic carbocycles. The van der Waals surface area contributed by atoms with E-state index in [1.165, 1.54) is 0 Å². The van der Waals surface area contributed by atoms with Gasteiger partial charge in [0, 0.05) is 41.2 Å². The predicted octanol–water partition coefficient (Wildman–Crippen LogP) is 5.72. The first-order valence-corrected chi connectivity index (χ1v) is 11.2. The molecule has 0 saturated carbocycles. The van der Waals surface area contributed by atoms with Gasteiger partial charge in [-0.1, -0.05) is 51.8 Å². The maximum absolute atomic E-state index is 13.2. The van der Waals surface area contributed by atoms with Gasteiger partial charge < -0.3 is 15.1 Å². The number of rotatable bonds is 3. The minimum Gasteiger partial charge on any atom is -0.366 e. The lowest BCUT2D eigenvalue weighted by Crippen LogP contribution is -2.52. The molecule has 0 atom stereocenters. The predicted molar refractivity (Wildman–Crippen MR) is 126 cm³/mol. The fourth-order valence-corrected chi connectivity index (χ4v) is 4.54. The van der Waals surface area contributed by atoms with E-state index in [1.54, 1.807) is 30.3 Å². The van der Waals surface area contributed by atoms with Gasteiger partial charge in [-0.05, 0) is 41.1 Å². The van der Waals surface area contributed by atoms with Crippen LogP contribution in [0.5, 0.6) is 0 Å². The quantitative estimate of drug-likeness (QED) is 0.462. The summed E-state index contributed by atoms with van der Waals surface area (Å²) in [4.78, 5) is 27.3. The molecular weight excluding hydrogens is 523 g/mol. The second kappa shape index (κ2) is 9.23. The lowest BCUT2D eigenvalue weighted by molar-refractivity contribution is -0.185. The first-order valence-electron chi connectivity index (χ1n) is 10.0. The molecule has 0 spiro atoms. The Morgan fingerprint density at radius 3 is 2.30 bits per heavy atom. The number of amides is 2. The summed E-state index contributed by atoms with van der Waals surface area (Å²) in [5.74, 6) is -2.18. The number of hydrogen-bond acceptors (Lipinski definition) is 3. The fraction of sp³-hybridized carbons (Fsp3) is 0.217. The monoisotopic (exact) mass is 539 g/mol. The minimum atomic E-state index is -4.89. The number of nitrogens with one attached hydrogen (secondary N) is 1. The van der Waals surface area contributed by atoms with Gasteiger partial charge in [0.05, 0.1) is 11.4 Å². The number of benzene rings is 3. The van der Waals surface area contributed by atoms with Crippen LogP contribution in [-0.4, -0.2) is 49.1 Å². The van der Waals surface area contributed by atoms with Crippen molar-refractivity contribution in [2.45, 2.75) is 6.18 Å². The molecule has 4 rings (SSSR count). The molecule has 1 saturated heterocycles. The van der Waals surface area contributed by atoms with Crippen LogP contribution >= 0.6 is 27.5 Å². The molecule has 0 radical (unpaired) electrons. The van der Waals surface area contributed by atoms with Gasteiger partial charge in [0.1, 0.15) is 0 Å². The van der Waals surface area contributed by atoms with Crippen molar-refractivity contribution in [2.75, 3.05) is 36.4 Å². The molecule has 0 aliphatic carbocycles. The highest BCUT2D eigenvalue weighted by Crippen LogP contribution is 2.32. The van der Waals surface area contributed by atoms with Crippen LogP contribution in [0, 0.1) is 0 Å². The third-order valence-electron chi connectivity index (χ3n) is 5.47. The Balaban J connectivity index is 1.57. The van der Waals surface area contributed by atoms with E-state index < -0.39 is 12.1 Å². The maximum atomic E-state index is 13.2. The standard InChI is InChI=1S/C23H18BrClF3N3O2/c24-18-6-2-3-15-16(18)4-1-5-17(15)21(32)29-19-13-14(25)7-8-20(19)30-9-11-31(12-10-30)22(33)23(26,27)28/h1-8,13H,9-12H2,(H,29,32). The Morgan fingerprint density at radius 2 is 1.61 bits per heavy atom. The Morgan fingerprint density at radius 1 is 0.939 bits per heavy atom. The number of piperazine rings is 1. The van der Waals surface area contributed by atoms with Crippen molar-refractivity contribution >= 4 is 61.5 Å². The molecule has 0 bridgehead atoms. The van der Waals surface area contributed by atoms with E-state index in [0.717, 1.165) is 20.1 Å². The van der Waals surface area contributed by atoms with E-state index >= 15 is 0 Å². The molecule has 3 aromatic rings. The summed E-state index contributed by atoms with van der Waals surface area (Å²) in [5, 5.41) is 4.96. The number of nitrogens with zero attached hydrogens (tertiary/aromatic N) is 2. The number of anilines is 2. The summed E-state index contributed by atoms with van der Waals surface area (Å²) in [6.07, 6.45) is -4.89. The summed E-state index contributed by atoms with van der Waals surface area (Å²) in [7, 11) is 0. The van der Waals surface area contributed by atoms with Crippen molar-refractivity contribution in [2.24, 2.45) is 0 Å². The zero-order chi connectivity index (χ0) is 23.8. The van der Waals surface area contributed by atoms with Crippen molar-refractivity contribution in [3.05, 3.63) is 69.7 Å². The Kier molecular flexibility index (Phi) is 6.54. The molecule has 1 aliphatic heterocycles. The SMILES string of the molecule is O=C(Nc1cc(Cl)ccc1N1CCN(C(=O)C(F)(F)F)CC1)c1cccc2c(Br)cccc12. The molecule has 1 N–H and O–H groups in total. The molecule has 1 heterocycles. The highest BCUT2D eigenvalue weighted by atomic mass is 79.9. The molecule has 2 amide bonds. The van der Waals surface area contributed by atoms with Crippen LogP contribution in [0.3, 0.4) is 0 Å². The first-order chi connectivity index (χ1) is 15.6. The Bertz CT molecular complexity index is 1230. The third kappa shape index (κ3) is 4.94. The molecule has 1 aliphatic rings. The second-order valence-electron chi connectivity index (χ2n) is 7.53. The highest BCUT2D eigenvalue weighted by Gasteiger charge is 2.43. The van der Waals surface area contributed by atoms with Crippen LogP contribution in [0.15, 0.2) is 59.1 Å². The van der Waals surface area contributed by atoms with Crippen LogP contribution < -0.4 is 10.2 Å². The van der Waals surface area contributed by atoms with Crippen molar-refractivity contribution in [1.82, 2.24) is 4.90 Å². The van der Waals surface area contributed by atoms with Crippen molar-refractivity contribution in [3.63, 3.8) is 0 Å². The normalized spacial score (nSPS) is 14.5. The number of carbonyl (C=O) groups is 2. The van der Waals surface area contributed by atoms with Gasteiger partial charge in [-0.2, -0.15) is 13.2 Å². The summed E-state index contributed by atoms with van der Waals surface area (Å²) < 4.78 is 39.1. The van der Waals surface area contributed by atoms with Crippen molar-refractivity contribution in [1.29, 1.82) is 0 Å². The zero-order valence-electron chi connectivity index (χ0n) is 17.1. The van der Waals surface area contributed by atoms with Crippen LogP contribution in [0.1, 0.15) is 10.4 Å². The largest absolute Gasteiger partial charge is 0.471 e. The van der Waals surface area contributed by atoms with E-state index in [2.05, 4.69) is 21.2 Å². The van der Waals surface area contributed by atoms with Gasteiger partial charge in [-0.15, -0.1) is 0 Å². The molecule has 10 heteroatoms. The van der Waals surface area contributed by atoms with Crippen LogP contribution in [-0.2, 0) is 4.79 Å². The van der Waals surface area contributed by atoms with Gasteiger partial charge >= 0.3 is 12.1 Å². The number of carbonyl (C=O) groups excluding carboxylic acids is 2. The summed E-state index contributed by atoms with van der Waals surface area (Å²) in [6, 6.07) is 16.0. The number of halogens is 5. The van der Waals surface area contributed by atoms with E-state index in [9.17, 15) is 22.8 Å². The summed E-state index contributed by atoms with van der Waals surface area (Å²) in [6.45, 7) is 0.221. The Labute approximate surface area is 201 Å². The maximum Gasteiger partial charge on any atom is 0.471 e. The molecule has 0 unspecified atom stereocenters. The number of hydrogen-bond donors (Lipinski definition) is 1.